The zero-order valence-electron chi connectivity index (χ0n) is 14.4. The van der Waals surface area contributed by atoms with Crippen molar-refractivity contribution in [1.82, 2.24) is 0 Å². The molecule has 1 aromatic heterocycles. The maximum atomic E-state index is 12.5. The van der Waals surface area contributed by atoms with Gasteiger partial charge in [-0.2, -0.15) is 0 Å². The van der Waals surface area contributed by atoms with E-state index in [-0.39, 0.29) is 5.63 Å². The van der Waals surface area contributed by atoms with Crippen LogP contribution in [0.2, 0.25) is 0 Å². The van der Waals surface area contributed by atoms with Crippen molar-refractivity contribution in [1.29, 1.82) is 0 Å². The normalized spacial score (nSPS) is 10.7. The van der Waals surface area contributed by atoms with Crippen LogP contribution in [0.1, 0.15) is 16.7 Å². The highest BCUT2D eigenvalue weighted by Crippen LogP contribution is 2.25. The Kier molecular flexibility index (Phi) is 4.57. The van der Waals surface area contributed by atoms with Crippen LogP contribution >= 0.6 is 0 Å². The number of carbonyl (C=O) groups is 1. The van der Waals surface area contributed by atoms with Gasteiger partial charge in [0, 0.05) is 30.5 Å². The topological polar surface area (TPSA) is 59.8 Å². The molecule has 3 aromatic rings. The first-order valence-corrected chi connectivity index (χ1v) is 7.93. The Morgan fingerprint density at radius 3 is 2.56 bits per heavy atom. The van der Waals surface area contributed by atoms with Gasteiger partial charge in [0.25, 0.3) is 0 Å². The van der Waals surface area contributed by atoms with E-state index in [4.69, 9.17) is 9.15 Å². The summed E-state index contributed by atoms with van der Waals surface area (Å²) in [5.74, 6) is 0. The molecule has 0 spiro atoms. The summed E-state index contributed by atoms with van der Waals surface area (Å²) in [6.45, 7) is 1.92. The van der Waals surface area contributed by atoms with E-state index >= 15 is 0 Å². The first kappa shape index (κ1) is 16.8. The summed E-state index contributed by atoms with van der Waals surface area (Å²) in [6, 6.07) is 15.1. The molecule has 0 saturated heterocycles. The molecule has 2 aromatic carbocycles. The highest BCUT2D eigenvalue weighted by molar-refractivity contribution is 5.91. The minimum atomic E-state index is -0.487. The Morgan fingerprint density at radius 2 is 1.88 bits per heavy atom. The standard InChI is InChI=1S/C20H19NO4/c1-13-16-10-9-15(21(2)20(23)24-3)12-18(16)25-19(22)17(13)11-14-7-5-4-6-8-14/h4-10,12H,11H2,1-3H3. The number of methoxy groups -OCH3 is 1. The fourth-order valence-electron chi connectivity index (χ4n) is 2.84. The second-order valence-corrected chi connectivity index (χ2v) is 5.86. The Morgan fingerprint density at radius 1 is 1.16 bits per heavy atom. The van der Waals surface area contributed by atoms with Crippen LogP contribution in [0, 0.1) is 6.92 Å². The predicted octanol–water partition coefficient (Wildman–Crippen LogP) is 3.89. The van der Waals surface area contributed by atoms with Crippen molar-refractivity contribution in [3.8, 4) is 0 Å². The highest BCUT2D eigenvalue weighted by atomic mass is 16.5. The number of carbonyl (C=O) groups excluding carboxylic acids is 1. The number of benzene rings is 2. The van der Waals surface area contributed by atoms with Crippen LogP contribution in [-0.4, -0.2) is 20.3 Å². The second kappa shape index (κ2) is 6.81. The van der Waals surface area contributed by atoms with Crippen LogP contribution in [0.3, 0.4) is 0 Å². The maximum Gasteiger partial charge on any atom is 0.413 e. The molecular formula is C20H19NO4. The first-order chi connectivity index (χ1) is 12.0. The summed E-state index contributed by atoms with van der Waals surface area (Å²) in [5, 5.41) is 0.854. The third-order valence-corrected chi connectivity index (χ3v) is 4.33. The van der Waals surface area contributed by atoms with Gasteiger partial charge >= 0.3 is 11.7 Å². The number of hydrogen-bond acceptors (Lipinski definition) is 4. The van der Waals surface area contributed by atoms with Gasteiger partial charge in [0.2, 0.25) is 0 Å². The lowest BCUT2D eigenvalue weighted by Gasteiger charge is -2.16. The summed E-state index contributed by atoms with van der Waals surface area (Å²) < 4.78 is 10.2. The van der Waals surface area contributed by atoms with Gasteiger partial charge in [-0.3, -0.25) is 4.90 Å². The molecule has 128 valence electrons. The SMILES string of the molecule is COC(=O)N(C)c1ccc2c(C)c(Cc3ccccc3)c(=O)oc2c1. The van der Waals surface area contributed by atoms with Crippen LogP contribution < -0.4 is 10.5 Å². The average molecular weight is 337 g/mol. The monoisotopic (exact) mass is 337 g/mol. The molecule has 1 heterocycles. The summed E-state index contributed by atoms with van der Waals surface area (Å²) in [5.41, 5.74) is 3.28. The molecule has 3 rings (SSSR count). The fraction of sp³-hybridized carbons (Fsp3) is 0.200. The molecule has 0 radical (unpaired) electrons. The number of rotatable bonds is 3. The van der Waals surface area contributed by atoms with E-state index < -0.39 is 6.09 Å². The van der Waals surface area contributed by atoms with Crippen molar-refractivity contribution in [2.24, 2.45) is 0 Å². The van der Waals surface area contributed by atoms with Crippen molar-refractivity contribution in [3.05, 3.63) is 75.6 Å². The highest BCUT2D eigenvalue weighted by Gasteiger charge is 2.15. The van der Waals surface area contributed by atoms with Crippen molar-refractivity contribution < 1.29 is 13.9 Å². The van der Waals surface area contributed by atoms with Gasteiger partial charge in [-0.15, -0.1) is 0 Å². The Hall–Kier alpha value is -3.08. The largest absolute Gasteiger partial charge is 0.452 e. The smallest absolute Gasteiger partial charge is 0.413 e. The molecule has 0 N–H and O–H groups in total. The molecule has 0 unspecified atom stereocenters. The van der Waals surface area contributed by atoms with Gasteiger partial charge in [-0.25, -0.2) is 9.59 Å². The van der Waals surface area contributed by atoms with Gasteiger partial charge in [-0.05, 0) is 30.2 Å². The van der Waals surface area contributed by atoms with E-state index in [2.05, 4.69) is 0 Å². The molecule has 0 aliphatic carbocycles. The molecule has 5 nitrogen and oxygen atoms in total. The number of aryl methyl sites for hydroxylation is 1. The van der Waals surface area contributed by atoms with E-state index in [1.54, 1.807) is 19.2 Å². The Bertz CT molecular complexity index is 976. The maximum absolute atomic E-state index is 12.5. The third kappa shape index (κ3) is 3.26. The van der Waals surface area contributed by atoms with Gasteiger partial charge in [-0.1, -0.05) is 30.3 Å². The lowest BCUT2D eigenvalue weighted by Crippen LogP contribution is -2.25. The lowest BCUT2D eigenvalue weighted by atomic mass is 9.99. The minimum Gasteiger partial charge on any atom is -0.452 e. The number of amides is 1. The molecule has 0 aliphatic heterocycles. The molecule has 0 saturated carbocycles. The predicted molar refractivity (Wildman–Crippen MR) is 97.3 cm³/mol. The molecule has 25 heavy (non-hydrogen) atoms. The Labute approximate surface area is 145 Å². The molecule has 0 fully saturated rings. The summed E-state index contributed by atoms with van der Waals surface area (Å²) in [4.78, 5) is 25.5. The minimum absolute atomic E-state index is 0.355. The number of fused-ring (bicyclic) bond motifs is 1. The summed E-state index contributed by atoms with van der Waals surface area (Å²) in [6.07, 6.45) is 0.0357. The lowest BCUT2D eigenvalue weighted by molar-refractivity contribution is 0.180. The van der Waals surface area contributed by atoms with E-state index in [0.717, 1.165) is 16.5 Å². The summed E-state index contributed by atoms with van der Waals surface area (Å²) >= 11 is 0. The van der Waals surface area contributed by atoms with Gasteiger partial charge in [0.05, 0.1) is 12.8 Å². The third-order valence-electron chi connectivity index (χ3n) is 4.33. The van der Waals surface area contributed by atoms with E-state index in [0.29, 0.717) is 23.3 Å². The fourth-order valence-corrected chi connectivity index (χ4v) is 2.84. The number of ether oxygens (including phenoxy) is 1. The zero-order chi connectivity index (χ0) is 18.0. The quantitative estimate of drug-likeness (QED) is 0.680. The molecule has 0 aliphatic rings. The van der Waals surface area contributed by atoms with Crippen LogP contribution in [0.15, 0.2) is 57.7 Å². The van der Waals surface area contributed by atoms with Gasteiger partial charge < -0.3 is 9.15 Å². The van der Waals surface area contributed by atoms with E-state index in [9.17, 15) is 9.59 Å². The number of anilines is 1. The summed E-state index contributed by atoms with van der Waals surface area (Å²) in [7, 11) is 2.92. The van der Waals surface area contributed by atoms with Crippen LogP contribution in [-0.2, 0) is 11.2 Å². The Balaban J connectivity index is 2.06. The van der Waals surface area contributed by atoms with E-state index in [1.807, 2.05) is 43.3 Å². The molecule has 0 atom stereocenters. The molecule has 5 heteroatoms. The van der Waals surface area contributed by atoms with Crippen molar-refractivity contribution in [2.75, 3.05) is 19.1 Å². The van der Waals surface area contributed by atoms with Crippen LogP contribution in [0.4, 0.5) is 10.5 Å². The zero-order valence-corrected chi connectivity index (χ0v) is 14.4. The average Bonchev–Trinajstić information content (AvgIpc) is 2.64. The van der Waals surface area contributed by atoms with Gasteiger partial charge in [0.15, 0.2) is 0 Å². The van der Waals surface area contributed by atoms with Crippen molar-refractivity contribution in [2.45, 2.75) is 13.3 Å². The van der Waals surface area contributed by atoms with Crippen molar-refractivity contribution >= 4 is 22.7 Å². The number of nitrogens with zero attached hydrogens (tertiary/aromatic N) is 1. The number of hydrogen-bond donors (Lipinski definition) is 0. The molecule has 1 amide bonds. The second-order valence-electron chi connectivity index (χ2n) is 5.86. The van der Waals surface area contributed by atoms with Crippen LogP contribution in [0.25, 0.3) is 11.0 Å². The first-order valence-electron chi connectivity index (χ1n) is 7.93. The molecular weight excluding hydrogens is 318 g/mol. The van der Waals surface area contributed by atoms with Crippen LogP contribution in [0.5, 0.6) is 0 Å². The van der Waals surface area contributed by atoms with Crippen molar-refractivity contribution in [3.63, 3.8) is 0 Å². The molecule has 0 bridgehead atoms. The van der Waals surface area contributed by atoms with E-state index in [1.165, 1.54) is 12.0 Å². The van der Waals surface area contributed by atoms with Gasteiger partial charge in [0.1, 0.15) is 5.58 Å².